The zero-order valence-corrected chi connectivity index (χ0v) is 10.0. The van der Waals surface area contributed by atoms with Crippen LogP contribution in [0.25, 0.3) is 5.52 Å². The Morgan fingerprint density at radius 2 is 2.33 bits per heavy atom. The summed E-state index contributed by atoms with van der Waals surface area (Å²) < 4.78 is 1.70. The molecule has 2 aromatic rings. The molecule has 0 aromatic carbocycles. The van der Waals surface area contributed by atoms with Gasteiger partial charge in [0.1, 0.15) is 0 Å². The summed E-state index contributed by atoms with van der Waals surface area (Å²) in [4.78, 5) is 12.2. The van der Waals surface area contributed by atoms with E-state index in [4.69, 9.17) is 5.73 Å². The molecular formula is C13H16N4O. The molecule has 1 amide bonds. The molecule has 2 heterocycles. The Bertz CT molecular complexity index is 577. The van der Waals surface area contributed by atoms with Crippen molar-refractivity contribution in [3.8, 4) is 0 Å². The third kappa shape index (κ3) is 1.86. The zero-order chi connectivity index (χ0) is 12.5. The molecule has 3 rings (SSSR count). The van der Waals surface area contributed by atoms with Gasteiger partial charge in [-0.25, -0.2) is 4.52 Å². The van der Waals surface area contributed by atoms with Crippen LogP contribution < -0.4 is 11.1 Å². The first-order chi connectivity index (χ1) is 8.75. The minimum Gasteiger partial charge on any atom is -0.348 e. The Morgan fingerprint density at radius 1 is 1.44 bits per heavy atom. The first-order valence-electron chi connectivity index (χ1n) is 6.24. The number of amides is 1. The second kappa shape index (κ2) is 4.42. The minimum absolute atomic E-state index is 0.0794. The Morgan fingerprint density at radius 3 is 3.11 bits per heavy atom. The summed E-state index contributed by atoms with van der Waals surface area (Å²) in [5.74, 6) is -0.0847. The van der Waals surface area contributed by atoms with Crippen molar-refractivity contribution in [3.05, 3.63) is 36.2 Å². The molecule has 2 atom stereocenters. The highest BCUT2D eigenvalue weighted by Gasteiger charge is 2.26. The van der Waals surface area contributed by atoms with Gasteiger partial charge in [-0.15, -0.1) is 0 Å². The van der Waals surface area contributed by atoms with E-state index in [1.165, 1.54) is 0 Å². The SMILES string of the molecule is NC1CCCC1NC(=O)c1cnn2ccccc12. The summed E-state index contributed by atoms with van der Waals surface area (Å²) in [5.41, 5.74) is 7.38. The molecule has 5 nitrogen and oxygen atoms in total. The van der Waals surface area contributed by atoms with Gasteiger partial charge in [-0.1, -0.05) is 6.07 Å². The first kappa shape index (κ1) is 11.2. The predicted octanol–water partition coefficient (Wildman–Crippen LogP) is 0.944. The van der Waals surface area contributed by atoms with Crippen LogP contribution in [0.2, 0.25) is 0 Å². The maximum atomic E-state index is 12.2. The highest BCUT2D eigenvalue weighted by atomic mass is 16.1. The van der Waals surface area contributed by atoms with E-state index in [0.29, 0.717) is 5.56 Å². The highest BCUT2D eigenvalue weighted by Crippen LogP contribution is 2.18. The zero-order valence-electron chi connectivity index (χ0n) is 10.0. The third-order valence-corrected chi connectivity index (χ3v) is 3.56. The standard InChI is InChI=1S/C13H16N4O/c14-10-4-3-5-11(10)16-13(18)9-8-15-17-7-2-1-6-12(9)17/h1-2,6-8,10-11H,3-5,14H2,(H,16,18). The van der Waals surface area contributed by atoms with Crippen LogP contribution in [0.15, 0.2) is 30.6 Å². The van der Waals surface area contributed by atoms with Crippen LogP contribution >= 0.6 is 0 Å². The molecule has 1 fully saturated rings. The molecule has 0 radical (unpaired) electrons. The van der Waals surface area contributed by atoms with Gasteiger partial charge in [-0.2, -0.15) is 5.10 Å². The van der Waals surface area contributed by atoms with Gasteiger partial charge in [0, 0.05) is 18.3 Å². The average Bonchev–Trinajstić information content (AvgIpc) is 2.96. The fraction of sp³-hybridized carbons (Fsp3) is 0.385. The Hall–Kier alpha value is -1.88. The third-order valence-electron chi connectivity index (χ3n) is 3.56. The van der Waals surface area contributed by atoms with E-state index in [-0.39, 0.29) is 18.0 Å². The molecule has 18 heavy (non-hydrogen) atoms. The molecule has 2 aromatic heterocycles. The Labute approximate surface area is 105 Å². The van der Waals surface area contributed by atoms with E-state index in [9.17, 15) is 4.79 Å². The highest BCUT2D eigenvalue weighted by molar-refractivity contribution is 6.00. The monoisotopic (exact) mass is 244 g/mol. The number of aromatic nitrogens is 2. The molecule has 0 spiro atoms. The van der Waals surface area contributed by atoms with Crippen LogP contribution in [0.3, 0.4) is 0 Å². The molecule has 1 saturated carbocycles. The maximum Gasteiger partial charge on any atom is 0.255 e. The molecular weight excluding hydrogens is 228 g/mol. The van der Waals surface area contributed by atoms with Gasteiger partial charge in [-0.3, -0.25) is 4.79 Å². The number of carbonyl (C=O) groups excluding carboxylic acids is 1. The van der Waals surface area contributed by atoms with Crippen LogP contribution in [0.4, 0.5) is 0 Å². The fourth-order valence-corrected chi connectivity index (χ4v) is 2.52. The number of nitrogens with two attached hydrogens (primary N) is 1. The van der Waals surface area contributed by atoms with E-state index >= 15 is 0 Å². The van der Waals surface area contributed by atoms with Crippen LogP contribution in [0, 0.1) is 0 Å². The lowest BCUT2D eigenvalue weighted by atomic mass is 10.1. The summed E-state index contributed by atoms with van der Waals surface area (Å²) in [6.07, 6.45) is 6.46. The van der Waals surface area contributed by atoms with Crippen LogP contribution in [-0.2, 0) is 0 Å². The van der Waals surface area contributed by atoms with Gasteiger partial charge in [0.25, 0.3) is 5.91 Å². The Kier molecular flexibility index (Phi) is 2.76. The quantitative estimate of drug-likeness (QED) is 0.826. The van der Waals surface area contributed by atoms with Gasteiger partial charge in [-0.05, 0) is 31.4 Å². The number of carbonyl (C=O) groups is 1. The Balaban J connectivity index is 1.84. The molecule has 0 saturated heterocycles. The molecule has 0 bridgehead atoms. The number of pyridine rings is 1. The summed E-state index contributed by atoms with van der Waals surface area (Å²) in [7, 11) is 0. The summed E-state index contributed by atoms with van der Waals surface area (Å²) >= 11 is 0. The first-order valence-corrected chi connectivity index (χ1v) is 6.24. The van der Waals surface area contributed by atoms with Crippen molar-refractivity contribution >= 4 is 11.4 Å². The van der Waals surface area contributed by atoms with Gasteiger partial charge in [0.15, 0.2) is 0 Å². The van der Waals surface area contributed by atoms with Gasteiger partial charge in [0.05, 0.1) is 17.3 Å². The van der Waals surface area contributed by atoms with E-state index in [1.54, 1.807) is 10.7 Å². The largest absolute Gasteiger partial charge is 0.348 e. The number of fused-ring (bicyclic) bond motifs is 1. The average molecular weight is 244 g/mol. The van der Waals surface area contributed by atoms with E-state index in [1.807, 2.05) is 24.4 Å². The predicted molar refractivity (Wildman–Crippen MR) is 68.3 cm³/mol. The molecule has 1 aliphatic rings. The number of nitrogens with zero attached hydrogens (tertiary/aromatic N) is 2. The van der Waals surface area contributed by atoms with Crippen LogP contribution in [0.5, 0.6) is 0 Å². The summed E-state index contributed by atoms with van der Waals surface area (Å²) in [6.45, 7) is 0. The molecule has 5 heteroatoms. The summed E-state index contributed by atoms with van der Waals surface area (Å²) in [6, 6.07) is 5.84. The molecule has 1 aliphatic carbocycles. The number of hydrogen-bond acceptors (Lipinski definition) is 3. The number of hydrogen-bond donors (Lipinski definition) is 2. The second-order valence-corrected chi connectivity index (χ2v) is 4.76. The normalized spacial score (nSPS) is 23.4. The van der Waals surface area contributed by atoms with Crippen molar-refractivity contribution in [1.29, 1.82) is 0 Å². The maximum absolute atomic E-state index is 12.2. The van der Waals surface area contributed by atoms with Crippen molar-refractivity contribution in [1.82, 2.24) is 14.9 Å². The van der Waals surface area contributed by atoms with Crippen molar-refractivity contribution in [2.24, 2.45) is 5.73 Å². The molecule has 3 N–H and O–H groups in total. The van der Waals surface area contributed by atoms with Crippen molar-refractivity contribution in [3.63, 3.8) is 0 Å². The van der Waals surface area contributed by atoms with Crippen molar-refractivity contribution < 1.29 is 4.79 Å². The smallest absolute Gasteiger partial charge is 0.255 e. The molecule has 94 valence electrons. The molecule has 0 aliphatic heterocycles. The second-order valence-electron chi connectivity index (χ2n) is 4.76. The van der Waals surface area contributed by atoms with E-state index in [0.717, 1.165) is 24.8 Å². The van der Waals surface area contributed by atoms with Gasteiger partial charge in [0.2, 0.25) is 0 Å². The van der Waals surface area contributed by atoms with Crippen molar-refractivity contribution in [2.75, 3.05) is 0 Å². The minimum atomic E-state index is -0.0847. The van der Waals surface area contributed by atoms with Gasteiger partial charge >= 0.3 is 0 Å². The van der Waals surface area contributed by atoms with Crippen LogP contribution in [-0.4, -0.2) is 27.6 Å². The summed E-state index contributed by atoms with van der Waals surface area (Å²) in [5, 5.41) is 7.16. The number of nitrogens with one attached hydrogen (secondary N) is 1. The lowest BCUT2D eigenvalue weighted by Crippen LogP contribution is -2.43. The van der Waals surface area contributed by atoms with Crippen molar-refractivity contribution in [2.45, 2.75) is 31.3 Å². The van der Waals surface area contributed by atoms with E-state index < -0.39 is 0 Å². The van der Waals surface area contributed by atoms with Crippen LogP contribution in [0.1, 0.15) is 29.6 Å². The number of rotatable bonds is 2. The van der Waals surface area contributed by atoms with Gasteiger partial charge < -0.3 is 11.1 Å². The topological polar surface area (TPSA) is 72.4 Å². The fourth-order valence-electron chi connectivity index (χ4n) is 2.52. The lowest BCUT2D eigenvalue weighted by Gasteiger charge is -2.16. The lowest BCUT2D eigenvalue weighted by molar-refractivity contribution is 0.0936. The molecule has 2 unspecified atom stereocenters. The van der Waals surface area contributed by atoms with E-state index in [2.05, 4.69) is 10.4 Å².